The molecule has 0 spiro atoms. The molecule has 1 aromatic rings. The molecule has 6 heteroatoms. The van der Waals surface area contributed by atoms with E-state index in [0.29, 0.717) is 10.0 Å². The summed E-state index contributed by atoms with van der Waals surface area (Å²) >= 11 is 1.33. The third-order valence-corrected chi connectivity index (χ3v) is 3.76. The SMILES string of the molecule is CCN(/C=N\c1nc(C)c(C(=O)/C=C/N(C)C)s1)CC. The predicted octanol–water partition coefficient (Wildman–Crippen LogP) is 2.71. The zero-order chi connectivity index (χ0) is 15.1. The molecule has 1 aromatic heterocycles. The molecule has 0 atom stereocenters. The first kappa shape index (κ1) is 16.4. The van der Waals surface area contributed by atoms with E-state index >= 15 is 0 Å². The maximum atomic E-state index is 12.0. The largest absolute Gasteiger partial charge is 0.383 e. The molecule has 5 nitrogen and oxygen atoms in total. The Labute approximate surface area is 124 Å². The molecule has 1 rings (SSSR count). The molecule has 0 saturated heterocycles. The van der Waals surface area contributed by atoms with Crippen LogP contribution in [-0.2, 0) is 0 Å². The van der Waals surface area contributed by atoms with Crippen molar-refractivity contribution in [2.24, 2.45) is 4.99 Å². The van der Waals surface area contributed by atoms with Gasteiger partial charge in [-0.2, -0.15) is 0 Å². The summed E-state index contributed by atoms with van der Waals surface area (Å²) in [7, 11) is 3.76. The van der Waals surface area contributed by atoms with Crippen molar-refractivity contribution in [1.82, 2.24) is 14.8 Å². The Hall–Kier alpha value is -1.69. The number of ketones is 1. The minimum Gasteiger partial charge on any atom is -0.383 e. The highest BCUT2D eigenvalue weighted by Gasteiger charge is 2.12. The molecule has 0 radical (unpaired) electrons. The van der Waals surface area contributed by atoms with Crippen molar-refractivity contribution in [3.05, 3.63) is 22.8 Å². The maximum Gasteiger partial charge on any atom is 0.211 e. The molecule has 110 valence electrons. The van der Waals surface area contributed by atoms with Crippen LogP contribution in [0, 0.1) is 6.92 Å². The summed E-state index contributed by atoms with van der Waals surface area (Å²) in [5.41, 5.74) is 0.732. The molecule has 1 heterocycles. The number of carbonyl (C=O) groups is 1. The van der Waals surface area contributed by atoms with Gasteiger partial charge in [0.1, 0.15) is 0 Å². The fourth-order valence-electron chi connectivity index (χ4n) is 1.48. The molecule has 0 unspecified atom stereocenters. The van der Waals surface area contributed by atoms with E-state index in [-0.39, 0.29) is 5.78 Å². The lowest BCUT2D eigenvalue weighted by molar-refractivity contribution is 0.104. The fraction of sp³-hybridized carbons (Fsp3) is 0.500. The van der Waals surface area contributed by atoms with Crippen molar-refractivity contribution >= 4 is 28.6 Å². The summed E-state index contributed by atoms with van der Waals surface area (Å²) in [5, 5.41) is 0.621. The van der Waals surface area contributed by atoms with Crippen molar-refractivity contribution in [2.45, 2.75) is 20.8 Å². The fourth-order valence-corrected chi connectivity index (χ4v) is 2.30. The van der Waals surface area contributed by atoms with Gasteiger partial charge in [0.15, 0.2) is 5.78 Å². The highest BCUT2D eigenvalue weighted by molar-refractivity contribution is 7.17. The predicted molar refractivity (Wildman–Crippen MR) is 85.1 cm³/mol. The summed E-state index contributed by atoms with van der Waals surface area (Å²) in [5.74, 6) is -0.0296. The Morgan fingerprint density at radius 2 is 2.00 bits per heavy atom. The monoisotopic (exact) mass is 294 g/mol. The molecule has 0 aliphatic heterocycles. The van der Waals surface area contributed by atoms with Crippen molar-refractivity contribution < 1.29 is 4.79 Å². The Balaban J connectivity index is 2.85. The van der Waals surface area contributed by atoms with Crippen molar-refractivity contribution in [3.8, 4) is 0 Å². The quantitative estimate of drug-likeness (QED) is 0.336. The van der Waals surface area contributed by atoms with Crippen molar-refractivity contribution in [3.63, 3.8) is 0 Å². The van der Waals surface area contributed by atoms with Gasteiger partial charge in [-0.25, -0.2) is 9.98 Å². The number of rotatable bonds is 7. The number of hydrogen-bond donors (Lipinski definition) is 0. The van der Waals surface area contributed by atoms with Crippen LogP contribution < -0.4 is 0 Å². The first-order valence-corrected chi connectivity index (χ1v) is 7.44. The van der Waals surface area contributed by atoms with Crippen LogP contribution in [0.25, 0.3) is 0 Å². The number of aryl methyl sites for hydroxylation is 1. The normalized spacial score (nSPS) is 11.4. The van der Waals surface area contributed by atoms with Gasteiger partial charge in [0, 0.05) is 39.5 Å². The van der Waals surface area contributed by atoms with Crippen molar-refractivity contribution in [2.75, 3.05) is 27.2 Å². The smallest absolute Gasteiger partial charge is 0.211 e. The number of aliphatic imine (C=N–C) groups is 1. The lowest BCUT2D eigenvalue weighted by Gasteiger charge is -2.12. The van der Waals surface area contributed by atoms with Gasteiger partial charge in [0.2, 0.25) is 5.13 Å². The van der Waals surface area contributed by atoms with E-state index in [2.05, 4.69) is 28.7 Å². The number of carbonyl (C=O) groups excluding carboxylic acids is 1. The van der Waals surface area contributed by atoms with E-state index in [1.165, 1.54) is 11.3 Å². The van der Waals surface area contributed by atoms with Crippen molar-refractivity contribution in [1.29, 1.82) is 0 Å². The molecule has 0 bridgehead atoms. The van der Waals surface area contributed by atoms with Crippen LogP contribution in [0.4, 0.5) is 5.13 Å². The second kappa shape index (κ2) is 7.79. The van der Waals surface area contributed by atoms with Crippen LogP contribution in [0.5, 0.6) is 0 Å². The van der Waals surface area contributed by atoms with Gasteiger partial charge in [0.25, 0.3) is 0 Å². The minimum absolute atomic E-state index is 0.0296. The average Bonchev–Trinajstić information content (AvgIpc) is 2.78. The van der Waals surface area contributed by atoms with E-state index < -0.39 is 0 Å². The van der Waals surface area contributed by atoms with Crippen LogP contribution in [-0.4, -0.2) is 54.1 Å². The molecule has 0 saturated carbocycles. The van der Waals surface area contributed by atoms with Gasteiger partial charge < -0.3 is 9.80 Å². The molecule has 20 heavy (non-hydrogen) atoms. The van der Waals surface area contributed by atoms with Crippen LogP contribution in [0.3, 0.4) is 0 Å². The third-order valence-electron chi connectivity index (χ3n) is 2.68. The number of thiazole rings is 1. The van der Waals surface area contributed by atoms with Crippen LogP contribution in [0.2, 0.25) is 0 Å². The average molecular weight is 294 g/mol. The summed E-state index contributed by atoms with van der Waals surface area (Å²) < 4.78 is 0. The van der Waals surface area contributed by atoms with Gasteiger partial charge in [-0.05, 0) is 20.8 Å². The van der Waals surface area contributed by atoms with E-state index in [1.807, 2.05) is 25.9 Å². The maximum absolute atomic E-state index is 12.0. The zero-order valence-corrected chi connectivity index (χ0v) is 13.6. The van der Waals surface area contributed by atoms with Gasteiger partial charge in [0.05, 0.1) is 16.9 Å². The molecule has 0 N–H and O–H groups in total. The second-order valence-corrected chi connectivity index (χ2v) is 5.50. The Bertz CT molecular complexity index is 501. The van der Waals surface area contributed by atoms with Crippen LogP contribution in [0.15, 0.2) is 17.3 Å². The topological polar surface area (TPSA) is 48.8 Å². The molecule has 0 aliphatic rings. The summed E-state index contributed by atoms with van der Waals surface area (Å²) in [4.78, 5) is 25.2. The summed E-state index contributed by atoms with van der Waals surface area (Å²) in [6.45, 7) is 7.79. The Kier molecular flexibility index (Phi) is 6.38. The first-order valence-electron chi connectivity index (χ1n) is 6.62. The number of allylic oxidation sites excluding steroid dienone is 1. The molecule has 0 aliphatic carbocycles. The first-order chi connectivity index (χ1) is 9.47. The standard InChI is InChI=1S/C14H22N4OS/c1-6-18(7-2)10-15-14-16-11(3)13(20-14)12(19)8-9-17(4)5/h8-10H,6-7H2,1-5H3/b9-8+,15-10-. The van der Waals surface area contributed by atoms with Crippen LogP contribution >= 0.6 is 11.3 Å². The van der Waals surface area contributed by atoms with Gasteiger partial charge in [-0.1, -0.05) is 11.3 Å². The Morgan fingerprint density at radius 1 is 1.35 bits per heavy atom. The van der Waals surface area contributed by atoms with E-state index in [1.54, 1.807) is 18.6 Å². The van der Waals surface area contributed by atoms with E-state index in [0.717, 1.165) is 18.8 Å². The lowest BCUT2D eigenvalue weighted by Crippen LogP contribution is -2.20. The summed E-state index contributed by atoms with van der Waals surface area (Å²) in [6, 6.07) is 0. The van der Waals surface area contributed by atoms with E-state index in [9.17, 15) is 4.79 Å². The Morgan fingerprint density at radius 3 is 2.55 bits per heavy atom. The molecular formula is C14H22N4OS. The van der Waals surface area contributed by atoms with Gasteiger partial charge >= 0.3 is 0 Å². The third kappa shape index (κ3) is 4.77. The number of aromatic nitrogens is 1. The minimum atomic E-state index is -0.0296. The molecule has 0 fully saturated rings. The van der Waals surface area contributed by atoms with Crippen LogP contribution in [0.1, 0.15) is 29.2 Å². The molecule has 0 aromatic carbocycles. The molecule has 0 amide bonds. The highest BCUT2D eigenvalue weighted by atomic mass is 32.1. The van der Waals surface area contributed by atoms with Gasteiger partial charge in [-0.15, -0.1) is 0 Å². The number of hydrogen-bond acceptors (Lipinski definition) is 5. The highest BCUT2D eigenvalue weighted by Crippen LogP contribution is 2.25. The summed E-state index contributed by atoms with van der Waals surface area (Å²) in [6.07, 6.45) is 5.07. The van der Waals surface area contributed by atoms with E-state index in [4.69, 9.17) is 0 Å². The lowest BCUT2D eigenvalue weighted by atomic mass is 10.3. The number of nitrogens with zero attached hydrogens (tertiary/aromatic N) is 4. The zero-order valence-electron chi connectivity index (χ0n) is 12.8. The van der Waals surface area contributed by atoms with Gasteiger partial charge in [-0.3, -0.25) is 4.79 Å². The second-order valence-electron chi connectivity index (χ2n) is 4.52. The molecular weight excluding hydrogens is 272 g/mol.